The Morgan fingerprint density at radius 2 is 1.00 bits per heavy atom. The third-order valence-corrected chi connectivity index (χ3v) is 4.05. The molecule has 8 heteroatoms. The van der Waals surface area contributed by atoms with Crippen molar-refractivity contribution >= 4 is 22.9 Å². The Labute approximate surface area is 158 Å². The lowest BCUT2D eigenvalue weighted by atomic mass is 9.93. The number of ketones is 2. The van der Waals surface area contributed by atoms with Crippen molar-refractivity contribution in [3.63, 3.8) is 0 Å². The fourth-order valence-corrected chi connectivity index (χ4v) is 2.71. The summed E-state index contributed by atoms with van der Waals surface area (Å²) < 4.78 is 0. The second-order valence-electron chi connectivity index (χ2n) is 5.82. The molecule has 0 bridgehead atoms. The first-order chi connectivity index (χ1) is 13.4. The summed E-state index contributed by atoms with van der Waals surface area (Å²) in [6, 6.07) is 16.4. The van der Waals surface area contributed by atoms with E-state index >= 15 is 0 Å². The van der Waals surface area contributed by atoms with Gasteiger partial charge in [-0.1, -0.05) is 48.5 Å². The molecule has 0 aromatic heterocycles. The van der Waals surface area contributed by atoms with Gasteiger partial charge in [-0.3, -0.25) is 29.8 Å². The van der Waals surface area contributed by atoms with Gasteiger partial charge in [0.2, 0.25) is 0 Å². The van der Waals surface area contributed by atoms with Gasteiger partial charge in [-0.25, -0.2) is 0 Å². The number of benzene rings is 3. The van der Waals surface area contributed by atoms with E-state index in [2.05, 4.69) is 0 Å². The van der Waals surface area contributed by atoms with E-state index < -0.39 is 21.4 Å². The Morgan fingerprint density at radius 3 is 1.36 bits per heavy atom. The van der Waals surface area contributed by atoms with Crippen LogP contribution < -0.4 is 0 Å². The number of nitro benzene ring substituents is 2. The molecule has 0 amide bonds. The fraction of sp³-hybridized carbons (Fsp3) is 0. The predicted octanol–water partition coefficient (Wildman–Crippen LogP) is 3.97. The summed E-state index contributed by atoms with van der Waals surface area (Å²) in [5, 5.41) is 21.9. The highest BCUT2D eigenvalue weighted by Crippen LogP contribution is 2.22. The molecule has 0 heterocycles. The van der Waals surface area contributed by atoms with Crippen molar-refractivity contribution < 1.29 is 19.4 Å². The van der Waals surface area contributed by atoms with Gasteiger partial charge in [0.15, 0.2) is 11.6 Å². The van der Waals surface area contributed by atoms with Gasteiger partial charge in [-0.05, 0) is 0 Å². The van der Waals surface area contributed by atoms with Crippen molar-refractivity contribution in [3.8, 4) is 0 Å². The third-order valence-electron chi connectivity index (χ3n) is 4.05. The van der Waals surface area contributed by atoms with Gasteiger partial charge in [0.1, 0.15) is 0 Å². The number of carbonyl (C=O) groups is 2. The van der Waals surface area contributed by atoms with Crippen LogP contribution in [0.2, 0.25) is 0 Å². The zero-order valence-electron chi connectivity index (χ0n) is 14.3. The maximum absolute atomic E-state index is 12.9. The maximum Gasteiger partial charge on any atom is 0.270 e. The molecule has 8 nitrogen and oxygen atoms in total. The monoisotopic (exact) mass is 376 g/mol. The minimum Gasteiger partial charge on any atom is -0.289 e. The molecule has 3 aromatic rings. The first-order valence-electron chi connectivity index (χ1n) is 8.06. The second kappa shape index (κ2) is 7.58. The number of hydrogen-bond acceptors (Lipinski definition) is 6. The highest BCUT2D eigenvalue weighted by atomic mass is 16.6. The van der Waals surface area contributed by atoms with Gasteiger partial charge in [0, 0.05) is 46.5 Å². The van der Waals surface area contributed by atoms with Crippen LogP contribution in [-0.2, 0) is 0 Å². The molecule has 0 aliphatic carbocycles. The van der Waals surface area contributed by atoms with E-state index in [1.807, 2.05) is 0 Å². The van der Waals surface area contributed by atoms with Crippen LogP contribution >= 0.6 is 0 Å². The SMILES string of the molecule is O=C(c1cccc([N+](=O)[O-])c1)c1ccccc1C(=O)c1cccc([N+](=O)[O-])c1. The van der Waals surface area contributed by atoms with E-state index in [9.17, 15) is 29.8 Å². The Hall–Kier alpha value is -4.20. The van der Waals surface area contributed by atoms with Gasteiger partial charge in [-0.15, -0.1) is 0 Å². The van der Waals surface area contributed by atoms with Crippen LogP contribution in [0.15, 0.2) is 72.8 Å². The molecule has 3 rings (SSSR count). The van der Waals surface area contributed by atoms with Gasteiger partial charge in [0.25, 0.3) is 11.4 Å². The number of nitrogens with zero attached hydrogens (tertiary/aromatic N) is 2. The van der Waals surface area contributed by atoms with Crippen LogP contribution in [-0.4, -0.2) is 21.4 Å². The molecule has 0 aliphatic heterocycles. The normalized spacial score (nSPS) is 10.3. The quantitative estimate of drug-likeness (QED) is 0.365. The van der Waals surface area contributed by atoms with Crippen LogP contribution in [0.5, 0.6) is 0 Å². The van der Waals surface area contributed by atoms with Crippen molar-refractivity contribution in [2.75, 3.05) is 0 Å². The topological polar surface area (TPSA) is 120 Å². The smallest absolute Gasteiger partial charge is 0.270 e. The Kier molecular flexibility index (Phi) is 5.03. The number of non-ortho nitro benzene ring substituents is 2. The van der Waals surface area contributed by atoms with Gasteiger partial charge in [-0.2, -0.15) is 0 Å². The van der Waals surface area contributed by atoms with Crippen molar-refractivity contribution in [2.45, 2.75) is 0 Å². The number of hydrogen-bond donors (Lipinski definition) is 0. The summed E-state index contributed by atoms with van der Waals surface area (Å²) in [6.45, 7) is 0. The maximum atomic E-state index is 12.9. The van der Waals surface area contributed by atoms with Crippen LogP contribution in [0, 0.1) is 20.2 Å². The van der Waals surface area contributed by atoms with E-state index in [1.165, 1.54) is 48.5 Å². The molecule has 0 fully saturated rings. The molecule has 0 spiro atoms. The lowest BCUT2D eigenvalue weighted by Crippen LogP contribution is -2.11. The van der Waals surface area contributed by atoms with Crippen LogP contribution in [0.4, 0.5) is 11.4 Å². The first kappa shape index (κ1) is 18.6. The van der Waals surface area contributed by atoms with Crippen molar-refractivity contribution in [2.24, 2.45) is 0 Å². The summed E-state index contributed by atoms with van der Waals surface area (Å²) >= 11 is 0. The molecule has 0 radical (unpaired) electrons. The largest absolute Gasteiger partial charge is 0.289 e. The standard InChI is InChI=1S/C20H12N2O6/c23-19(13-5-3-7-15(11-13)21(25)26)17-9-1-2-10-18(17)20(24)14-6-4-8-16(12-14)22(27)28/h1-12H. The molecule has 3 aromatic carbocycles. The van der Waals surface area contributed by atoms with E-state index in [0.29, 0.717) is 0 Å². The molecular formula is C20H12N2O6. The first-order valence-corrected chi connectivity index (χ1v) is 8.06. The summed E-state index contributed by atoms with van der Waals surface area (Å²) in [5.74, 6) is -1.11. The highest BCUT2D eigenvalue weighted by molar-refractivity contribution is 6.19. The average Bonchev–Trinajstić information content (AvgIpc) is 2.72. The average molecular weight is 376 g/mol. The van der Waals surface area contributed by atoms with Crippen molar-refractivity contribution in [3.05, 3.63) is 115 Å². The molecule has 0 saturated carbocycles. The van der Waals surface area contributed by atoms with Crippen molar-refractivity contribution in [1.29, 1.82) is 0 Å². The molecule has 0 atom stereocenters. The number of carbonyl (C=O) groups excluding carboxylic acids is 2. The number of nitro groups is 2. The minimum atomic E-state index is -0.614. The summed E-state index contributed by atoms with van der Waals surface area (Å²) in [5.41, 5.74) is -0.248. The Balaban J connectivity index is 2.04. The number of rotatable bonds is 6. The molecule has 0 unspecified atom stereocenters. The molecular weight excluding hydrogens is 364 g/mol. The van der Waals surface area contributed by atoms with Gasteiger partial charge in [0.05, 0.1) is 9.85 Å². The molecule has 28 heavy (non-hydrogen) atoms. The lowest BCUT2D eigenvalue weighted by Gasteiger charge is -2.08. The zero-order valence-corrected chi connectivity index (χ0v) is 14.3. The van der Waals surface area contributed by atoms with Gasteiger partial charge < -0.3 is 0 Å². The third kappa shape index (κ3) is 3.65. The molecule has 138 valence electrons. The highest BCUT2D eigenvalue weighted by Gasteiger charge is 2.21. The van der Waals surface area contributed by atoms with Crippen LogP contribution in [0.1, 0.15) is 31.8 Å². The van der Waals surface area contributed by atoms with Crippen LogP contribution in [0.3, 0.4) is 0 Å². The Bertz CT molecular complexity index is 1030. The fourth-order valence-electron chi connectivity index (χ4n) is 2.71. The van der Waals surface area contributed by atoms with E-state index in [-0.39, 0.29) is 33.6 Å². The summed E-state index contributed by atoms with van der Waals surface area (Å²) in [7, 11) is 0. The predicted molar refractivity (Wildman–Crippen MR) is 99.5 cm³/mol. The minimum absolute atomic E-state index is 0.0551. The molecule has 0 aliphatic rings. The molecule has 0 saturated heterocycles. The second-order valence-corrected chi connectivity index (χ2v) is 5.82. The van der Waals surface area contributed by atoms with E-state index in [4.69, 9.17) is 0 Å². The Morgan fingerprint density at radius 1 is 0.607 bits per heavy atom. The lowest BCUT2D eigenvalue weighted by molar-refractivity contribution is -0.385. The van der Waals surface area contributed by atoms with E-state index in [0.717, 1.165) is 12.1 Å². The zero-order chi connectivity index (χ0) is 20.3. The van der Waals surface area contributed by atoms with E-state index in [1.54, 1.807) is 12.1 Å². The van der Waals surface area contributed by atoms with Crippen molar-refractivity contribution in [1.82, 2.24) is 0 Å². The van der Waals surface area contributed by atoms with Crippen LogP contribution in [0.25, 0.3) is 0 Å². The summed E-state index contributed by atoms with van der Waals surface area (Å²) in [6.07, 6.45) is 0. The molecule has 0 N–H and O–H groups in total. The van der Waals surface area contributed by atoms with Gasteiger partial charge >= 0.3 is 0 Å². The summed E-state index contributed by atoms with van der Waals surface area (Å²) in [4.78, 5) is 46.4.